The van der Waals surface area contributed by atoms with Gasteiger partial charge in [0.2, 0.25) is 0 Å². The number of benzene rings is 1. The molecule has 92 valence electrons. The standard InChI is InChI=1S/C12H14ClNO2S/c13-12-6-4-11(5-7-12)10-17(15,16)9-3-1-2-8-14/h4-7H,1-3,9-10H2. The molecule has 5 heteroatoms. The molecular formula is C12H14ClNO2S. The Morgan fingerprint density at radius 3 is 2.41 bits per heavy atom. The normalized spacial score (nSPS) is 11.1. The molecule has 0 atom stereocenters. The van der Waals surface area contributed by atoms with Gasteiger partial charge in [0.15, 0.2) is 9.84 Å². The van der Waals surface area contributed by atoms with E-state index in [1.54, 1.807) is 24.3 Å². The molecular weight excluding hydrogens is 258 g/mol. The number of hydrogen-bond acceptors (Lipinski definition) is 3. The van der Waals surface area contributed by atoms with Gasteiger partial charge in [0.05, 0.1) is 17.6 Å². The highest BCUT2D eigenvalue weighted by Gasteiger charge is 2.11. The third-order valence-electron chi connectivity index (χ3n) is 2.29. The summed E-state index contributed by atoms with van der Waals surface area (Å²) >= 11 is 5.72. The third kappa shape index (κ3) is 5.71. The molecule has 0 bridgehead atoms. The summed E-state index contributed by atoms with van der Waals surface area (Å²) in [4.78, 5) is 0. The molecule has 0 fully saturated rings. The number of unbranched alkanes of at least 4 members (excludes halogenated alkanes) is 2. The zero-order valence-corrected chi connectivity index (χ0v) is 11.0. The van der Waals surface area contributed by atoms with Gasteiger partial charge in [-0.3, -0.25) is 0 Å². The molecule has 1 aromatic carbocycles. The SMILES string of the molecule is N#CCCCCS(=O)(=O)Cc1ccc(Cl)cc1. The quantitative estimate of drug-likeness (QED) is 0.748. The maximum absolute atomic E-state index is 11.7. The Kier molecular flexibility index (Phi) is 5.46. The highest BCUT2D eigenvalue weighted by Crippen LogP contribution is 2.13. The van der Waals surface area contributed by atoms with Crippen LogP contribution in [0.1, 0.15) is 24.8 Å². The van der Waals surface area contributed by atoms with E-state index in [2.05, 4.69) is 0 Å². The first-order valence-corrected chi connectivity index (χ1v) is 7.55. The molecule has 0 radical (unpaired) electrons. The molecule has 0 N–H and O–H groups in total. The lowest BCUT2D eigenvalue weighted by atomic mass is 10.2. The van der Waals surface area contributed by atoms with Crippen molar-refractivity contribution in [3.05, 3.63) is 34.9 Å². The van der Waals surface area contributed by atoms with Crippen LogP contribution in [-0.2, 0) is 15.6 Å². The van der Waals surface area contributed by atoms with Gasteiger partial charge in [0.25, 0.3) is 0 Å². The molecule has 0 amide bonds. The largest absolute Gasteiger partial charge is 0.228 e. The lowest BCUT2D eigenvalue weighted by Gasteiger charge is -2.04. The Hall–Kier alpha value is -1.05. The van der Waals surface area contributed by atoms with Crippen LogP contribution >= 0.6 is 11.6 Å². The van der Waals surface area contributed by atoms with Crippen LogP contribution in [0.5, 0.6) is 0 Å². The number of nitrogens with zero attached hydrogens (tertiary/aromatic N) is 1. The first-order chi connectivity index (χ1) is 8.03. The summed E-state index contributed by atoms with van der Waals surface area (Å²) in [5.74, 6) is 0.175. The second kappa shape index (κ2) is 6.63. The van der Waals surface area contributed by atoms with Crippen LogP contribution in [0.15, 0.2) is 24.3 Å². The van der Waals surface area contributed by atoms with Crippen LogP contribution in [-0.4, -0.2) is 14.2 Å². The van der Waals surface area contributed by atoms with Crippen LogP contribution < -0.4 is 0 Å². The molecule has 0 aromatic heterocycles. The predicted molar refractivity (Wildman–Crippen MR) is 68.4 cm³/mol. The Labute approximate surface area is 107 Å². The van der Waals surface area contributed by atoms with Crippen molar-refractivity contribution >= 4 is 21.4 Å². The predicted octanol–water partition coefficient (Wildman–Crippen LogP) is 2.95. The second-order valence-electron chi connectivity index (χ2n) is 3.83. The molecule has 0 saturated carbocycles. The Morgan fingerprint density at radius 2 is 1.82 bits per heavy atom. The van der Waals surface area contributed by atoms with Crippen molar-refractivity contribution in [2.45, 2.75) is 25.0 Å². The average molecular weight is 272 g/mol. The van der Waals surface area contributed by atoms with Crippen molar-refractivity contribution in [2.24, 2.45) is 0 Å². The van der Waals surface area contributed by atoms with Gasteiger partial charge in [-0.2, -0.15) is 5.26 Å². The number of halogens is 1. The highest BCUT2D eigenvalue weighted by molar-refractivity contribution is 7.90. The van der Waals surface area contributed by atoms with Crippen molar-refractivity contribution in [1.29, 1.82) is 5.26 Å². The van der Waals surface area contributed by atoms with Gasteiger partial charge in [-0.25, -0.2) is 8.42 Å². The summed E-state index contributed by atoms with van der Waals surface area (Å²) in [6.07, 6.45) is 1.59. The zero-order chi connectivity index (χ0) is 12.7. The van der Waals surface area contributed by atoms with E-state index in [9.17, 15) is 8.42 Å². The van der Waals surface area contributed by atoms with E-state index in [0.29, 0.717) is 24.3 Å². The number of nitriles is 1. The summed E-state index contributed by atoms with van der Waals surface area (Å²) in [6.45, 7) is 0. The average Bonchev–Trinajstić information content (AvgIpc) is 2.27. The van der Waals surface area contributed by atoms with Crippen LogP contribution in [0.25, 0.3) is 0 Å². The van der Waals surface area contributed by atoms with Gasteiger partial charge in [0, 0.05) is 11.4 Å². The summed E-state index contributed by atoms with van der Waals surface area (Å²) in [7, 11) is -3.08. The monoisotopic (exact) mass is 271 g/mol. The molecule has 0 saturated heterocycles. The van der Waals surface area contributed by atoms with E-state index in [0.717, 1.165) is 5.56 Å². The van der Waals surface area contributed by atoms with Crippen molar-refractivity contribution in [3.8, 4) is 6.07 Å². The fourth-order valence-corrected chi connectivity index (χ4v) is 3.05. The van der Waals surface area contributed by atoms with Crippen molar-refractivity contribution in [2.75, 3.05) is 5.75 Å². The molecule has 0 heterocycles. The maximum atomic E-state index is 11.7. The molecule has 0 spiro atoms. The van der Waals surface area contributed by atoms with E-state index in [1.165, 1.54) is 0 Å². The molecule has 17 heavy (non-hydrogen) atoms. The molecule has 0 aliphatic carbocycles. The van der Waals surface area contributed by atoms with Crippen molar-refractivity contribution in [3.63, 3.8) is 0 Å². The van der Waals surface area contributed by atoms with Gasteiger partial charge in [-0.05, 0) is 30.5 Å². The smallest absolute Gasteiger partial charge is 0.154 e. The number of rotatable bonds is 6. The van der Waals surface area contributed by atoms with Crippen LogP contribution in [0.2, 0.25) is 5.02 Å². The minimum atomic E-state index is -3.08. The first-order valence-electron chi connectivity index (χ1n) is 5.35. The van der Waals surface area contributed by atoms with Crippen LogP contribution in [0.4, 0.5) is 0 Å². The summed E-state index contributed by atoms with van der Waals surface area (Å²) in [6, 6.07) is 8.80. The fourth-order valence-electron chi connectivity index (χ4n) is 1.43. The van der Waals surface area contributed by atoms with Crippen LogP contribution in [0.3, 0.4) is 0 Å². The van der Waals surface area contributed by atoms with Gasteiger partial charge in [-0.1, -0.05) is 23.7 Å². The second-order valence-corrected chi connectivity index (χ2v) is 6.45. The molecule has 0 aliphatic rings. The molecule has 3 nitrogen and oxygen atoms in total. The summed E-state index contributed by atoms with van der Waals surface area (Å²) < 4.78 is 23.5. The lowest BCUT2D eigenvalue weighted by Crippen LogP contribution is -2.09. The Morgan fingerprint density at radius 1 is 1.18 bits per heavy atom. The number of hydrogen-bond donors (Lipinski definition) is 0. The number of sulfone groups is 1. The molecule has 0 aliphatic heterocycles. The van der Waals surface area contributed by atoms with E-state index in [-0.39, 0.29) is 11.5 Å². The zero-order valence-electron chi connectivity index (χ0n) is 9.39. The Balaban J connectivity index is 2.49. The minimum Gasteiger partial charge on any atom is -0.228 e. The summed E-state index contributed by atoms with van der Waals surface area (Å²) in [5.41, 5.74) is 0.745. The van der Waals surface area contributed by atoms with Crippen molar-refractivity contribution < 1.29 is 8.42 Å². The fraction of sp³-hybridized carbons (Fsp3) is 0.417. The lowest BCUT2D eigenvalue weighted by molar-refractivity contribution is 0.591. The topological polar surface area (TPSA) is 57.9 Å². The van der Waals surface area contributed by atoms with Crippen LogP contribution in [0, 0.1) is 11.3 Å². The van der Waals surface area contributed by atoms with E-state index < -0.39 is 9.84 Å². The van der Waals surface area contributed by atoms with Gasteiger partial charge in [-0.15, -0.1) is 0 Å². The van der Waals surface area contributed by atoms with Gasteiger partial charge >= 0.3 is 0 Å². The van der Waals surface area contributed by atoms with E-state index in [1.807, 2.05) is 6.07 Å². The van der Waals surface area contributed by atoms with E-state index >= 15 is 0 Å². The highest BCUT2D eigenvalue weighted by atomic mass is 35.5. The summed E-state index contributed by atoms with van der Waals surface area (Å²) in [5, 5.41) is 8.94. The molecule has 0 unspecified atom stereocenters. The van der Waals surface area contributed by atoms with Gasteiger partial charge in [0.1, 0.15) is 0 Å². The molecule has 1 rings (SSSR count). The van der Waals surface area contributed by atoms with Crippen molar-refractivity contribution in [1.82, 2.24) is 0 Å². The third-order valence-corrected chi connectivity index (χ3v) is 4.23. The first kappa shape index (κ1) is 14.0. The maximum Gasteiger partial charge on any atom is 0.154 e. The molecule has 1 aromatic rings. The minimum absolute atomic E-state index is 0.0384. The Bertz CT molecular complexity index is 488. The van der Waals surface area contributed by atoms with E-state index in [4.69, 9.17) is 16.9 Å². The van der Waals surface area contributed by atoms with Gasteiger partial charge < -0.3 is 0 Å².